The molecule has 0 aromatic heterocycles. The van der Waals surface area contributed by atoms with Crippen LogP contribution in [-0.2, 0) is 0 Å². The van der Waals surface area contributed by atoms with Crippen molar-refractivity contribution in [1.29, 1.82) is 0 Å². The standard InChI is InChI=1S/C16H24N2O/c1-12-9-13(2)16(14(3)10-12)15(19)11-18-7-5-17(4)6-8-18/h9-10H,5-8,11H2,1-4H3. The quantitative estimate of drug-likeness (QED) is 0.777. The summed E-state index contributed by atoms with van der Waals surface area (Å²) in [6.45, 7) is 10.8. The lowest BCUT2D eigenvalue weighted by molar-refractivity contribution is 0.0875. The number of ketones is 1. The summed E-state index contributed by atoms with van der Waals surface area (Å²) in [5.74, 6) is 0.263. The van der Waals surface area contributed by atoms with Gasteiger partial charge in [0, 0.05) is 31.7 Å². The fraction of sp³-hybridized carbons (Fsp3) is 0.562. The number of likely N-dealkylation sites (N-methyl/N-ethyl adjacent to an activating group) is 1. The summed E-state index contributed by atoms with van der Waals surface area (Å²) in [6, 6.07) is 4.20. The fourth-order valence-corrected chi connectivity index (χ4v) is 2.91. The van der Waals surface area contributed by atoms with Crippen LogP contribution in [0.15, 0.2) is 12.1 Å². The second kappa shape index (κ2) is 5.85. The number of rotatable bonds is 3. The zero-order chi connectivity index (χ0) is 14.0. The highest BCUT2D eigenvalue weighted by Gasteiger charge is 2.19. The molecule has 0 amide bonds. The molecule has 0 aliphatic carbocycles. The van der Waals surface area contributed by atoms with Gasteiger partial charge in [-0.3, -0.25) is 9.69 Å². The van der Waals surface area contributed by atoms with Crippen molar-refractivity contribution < 1.29 is 4.79 Å². The Hall–Kier alpha value is -1.19. The monoisotopic (exact) mass is 260 g/mol. The normalized spacial score (nSPS) is 17.7. The molecule has 0 N–H and O–H groups in total. The van der Waals surface area contributed by atoms with Crippen LogP contribution in [0.4, 0.5) is 0 Å². The number of aryl methyl sites for hydroxylation is 3. The van der Waals surface area contributed by atoms with Gasteiger partial charge in [-0.2, -0.15) is 0 Å². The van der Waals surface area contributed by atoms with Crippen molar-refractivity contribution in [3.8, 4) is 0 Å². The molecule has 0 atom stereocenters. The molecule has 1 saturated heterocycles. The predicted octanol–water partition coefficient (Wildman–Crippen LogP) is 2.04. The first kappa shape index (κ1) is 14.2. The zero-order valence-corrected chi connectivity index (χ0v) is 12.5. The molecule has 2 rings (SSSR count). The van der Waals surface area contributed by atoms with Gasteiger partial charge in [-0.15, -0.1) is 0 Å². The lowest BCUT2D eigenvalue weighted by Gasteiger charge is -2.32. The Kier molecular flexibility index (Phi) is 4.38. The summed E-state index contributed by atoms with van der Waals surface area (Å²) >= 11 is 0. The van der Waals surface area contributed by atoms with Crippen LogP contribution in [0, 0.1) is 20.8 Å². The van der Waals surface area contributed by atoms with Gasteiger partial charge in [0.25, 0.3) is 0 Å². The summed E-state index contributed by atoms with van der Waals surface area (Å²) < 4.78 is 0. The minimum Gasteiger partial charge on any atom is -0.304 e. The maximum atomic E-state index is 12.5. The van der Waals surface area contributed by atoms with Gasteiger partial charge < -0.3 is 4.90 Å². The van der Waals surface area contributed by atoms with E-state index in [2.05, 4.69) is 35.9 Å². The molecule has 1 aliphatic heterocycles. The molecule has 0 saturated carbocycles. The minimum atomic E-state index is 0.263. The second-order valence-electron chi connectivity index (χ2n) is 5.78. The van der Waals surface area contributed by atoms with Crippen LogP contribution in [0.5, 0.6) is 0 Å². The third kappa shape index (κ3) is 3.43. The van der Waals surface area contributed by atoms with Crippen LogP contribution in [0.1, 0.15) is 27.0 Å². The molecular weight excluding hydrogens is 236 g/mol. The number of nitrogens with zero attached hydrogens (tertiary/aromatic N) is 2. The van der Waals surface area contributed by atoms with E-state index in [0.717, 1.165) is 42.9 Å². The highest BCUT2D eigenvalue weighted by atomic mass is 16.1. The maximum absolute atomic E-state index is 12.5. The van der Waals surface area contributed by atoms with Gasteiger partial charge >= 0.3 is 0 Å². The first-order chi connectivity index (χ1) is 8.97. The molecule has 1 aromatic rings. The first-order valence-corrected chi connectivity index (χ1v) is 6.99. The second-order valence-corrected chi connectivity index (χ2v) is 5.78. The molecule has 104 valence electrons. The van der Waals surface area contributed by atoms with Crippen molar-refractivity contribution in [2.45, 2.75) is 20.8 Å². The molecule has 0 radical (unpaired) electrons. The van der Waals surface area contributed by atoms with E-state index in [1.54, 1.807) is 0 Å². The third-order valence-electron chi connectivity index (χ3n) is 3.92. The Bertz CT molecular complexity index is 451. The summed E-state index contributed by atoms with van der Waals surface area (Å²) in [4.78, 5) is 17.1. The van der Waals surface area contributed by atoms with Crippen molar-refractivity contribution in [3.05, 3.63) is 34.4 Å². The molecule has 1 heterocycles. The number of carbonyl (C=O) groups is 1. The largest absolute Gasteiger partial charge is 0.304 e. The molecule has 3 heteroatoms. The van der Waals surface area contributed by atoms with E-state index in [-0.39, 0.29) is 5.78 Å². The van der Waals surface area contributed by atoms with Crippen molar-refractivity contribution >= 4 is 5.78 Å². The van der Waals surface area contributed by atoms with Crippen LogP contribution in [0.25, 0.3) is 0 Å². The van der Waals surface area contributed by atoms with Crippen molar-refractivity contribution in [2.75, 3.05) is 39.8 Å². The lowest BCUT2D eigenvalue weighted by atomic mass is 9.96. The molecule has 0 bridgehead atoms. The molecular formula is C16H24N2O. The highest BCUT2D eigenvalue weighted by Crippen LogP contribution is 2.17. The number of piperazine rings is 1. The van der Waals surface area contributed by atoms with Gasteiger partial charge in [0.05, 0.1) is 6.54 Å². The van der Waals surface area contributed by atoms with Gasteiger partial charge in [-0.1, -0.05) is 17.7 Å². The van der Waals surface area contributed by atoms with Crippen LogP contribution in [0.2, 0.25) is 0 Å². The Labute approximate surface area is 116 Å². The molecule has 19 heavy (non-hydrogen) atoms. The maximum Gasteiger partial charge on any atom is 0.177 e. The molecule has 1 fully saturated rings. The number of hydrogen-bond acceptors (Lipinski definition) is 3. The van der Waals surface area contributed by atoms with Gasteiger partial charge in [0.15, 0.2) is 5.78 Å². The van der Waals surface area contributed by atoms with E-state index in [9.17, 15) is 4.79 Å². The van der Waals surface area contributed by atoms with Gasteiger partial charge in [0.2, 0.25) is 0 Å². The summed E-state index contributed by atoms with van der Waals surface area (Å²) in [7, 11) is 2.13. The van der Waals surface area contributed by atoms with E-state index in [0.29, 0.717) is 6.54 Å². The Balaban J connectivity index is 2.08. The lowest BCUT2D eigenvalue weighted by Crippen LogP contribution is -2.46. The molecule has 1 aliphatic rings. The molecule has 1 aromatic carbocycles. The van der Waals surface area contributed by atoms with E-state index in [1.165, 1.54) is 5.56 Å². The van der Waals surface area contributed by atoms with E-state index >= 15 is 0 Å². The predicted molar refractivity (Wildman–Crippen MR) is 78.9 cm³/mol. The van der Waals surface area contributed by atoms with Gasteiger partial charge in [-0.25, -0.2) is 0 Å². The average Bonchev–Trinajstić information content (AvgIpc) is 2.30. The SMILES string of the molecule is Cc1cc(C)c(C(=O)CN2CCN(C)CC2)c(C)c1. The summed E-state index contributed by atoms with van der Waals surface area (Å²) in [5, 5.41) is 0. The molecule has 0 spiro atoms. The topological polar surface area (TPSA) is 23.6 Å². The fourth-order valence-electron chi connectivity index (χ4n) is 2.91. The van der Waals surface area contributed by atoms with Crippen LogP contribution in [0.3, 0.4) is 0 Å². The molecule has 3 nitrogen and oxygen atoms in total. The number of benzene rings is 1. The third-order valence-corrected chi connectivity index (χ3v) is 3.92. The van der Waals surface area contributed by atoms with Gasteiger partial charge in [-0.05, 0) is 38.9 Å². The average molecular weight is 260 g/mol. The number of hydrogen-bond donors (Lipinski definition) is 0. The van der Waals surface area contributed by atoms with E-state index in [1.807, 2.05) is 13.8 Å². The van der Waals surface area contributed by atoms with Crippen molar-refractivity contribution in [2.24, 2.45) is 0 Å². The molecule has 0 unspecified atom stereocenters. The Morgan fingerprint density at radius 3 is 2.11 bits per heavy atom. The van der Waals surface area contributed by atoms with Crippen LogP contribution < -0.4 is 0 Å². The summed E-state index contributed by atoms with van der Waals surface area (Å²) in [6.07, 6.45) is 0. The number of carbonyl (C=O) groups excluding carboxylic acids is 1. The highest BCUT2D eigenvalue weighted by molar-refractivity contribution is 6.00. The van der Waals surface area contributed by atoms with Crippen molar-refractivity contribution in [3.63, 3.8) is 0 Å². The summed E-state index contributed by atoms with van der Waals surface area (Å²) in [5.41, 5.74) is 4.36. The van der Waals surface area contributed by atoms with Crippen LogP contribution in [-0.4, -0.2) is 55.4 Å². The first-order valence-electron chi connectivity index (χ1n) is 6.99. The number of Topliss-reactive ketones (excluding diaryl/α,β-unsaturated/α-hetero) is 1. The smallest absolute Gasteiger partial charge is 0.177 e. The van der Waals surface area contributed by atoms with Gasteiger partial charge in [0.1, 0.15) is 0 Å². The van der Waals surface area contributed by atoms with Crippen LogP contribution >= 0.6 is 0 Å². The minimum absolute atomic E-state index is 0.263. The Morgan fingerprint density at radius 2 is 1.58 bits per heavy atom. The zero-order valence-electron chi connectivity index (χ0n) is 12.5. The Morgan fingerprint density at radius 1 is 1.05 bits per heavy atom. The van der Waals surface area contributed by atoms with E-state index in [4.69, 9.17) is 0 Å². The van der Waals surface area contributed by atoms with Crippen molar-refractivity contribution in [1.82, 2.24) is 9.80 Å². The van der Waals surface area contributed by atoms with E-state index < -0.39 is 0 Å².